The average molecular weight is 975 g/mol. The van der Waals surface area contributed by atoms with Crippen LogP contribution in [0.25, 0.3) is 22.5 Å². The number of alkyl halides is 6. The Balaban J connectivity index is 0.000000247. The molecular formula is C40H30F12N10O2S2. The molecular weight excluding hydrogens is 945 g/mol. The van der Waals surface area contributed by atoms with Crippen LogP contribution in [0, 0.1) is 57.8 Å². The first-order chi connectivity index (χ1) is 30.8. The molecule has 12 nitrogen and oxygen atoms in total. The van der Waals surface area contributed by atoms with E-state index in [0.717, 1.165) is 48.5 Å². The lowest BCUT2D eigenvalue weighted by atomic mass is 10.1. The largest absolute Gasteiger partial charge is 0.416 e. The van der Waals surface area contributed by atoms with Crippen LogP contribution in [0.4, 0.5) is 76.0 Å². The summed E-state index contributed by atoms with van der Waals surface area (Å²) in [5.41, 5.74) is -4.20. The molecule has 66 heavy (non-hydrogen) atoms. The quantitative estimate of drug-likeness (QED) is 0.0438. The van der Waals surface area contributed by atoms with E-state index in [9.17, 15) is 61.8 Å². The second kappa shape index (κ2) is 20.0. The van der Waals surface area contributed by atoms with Gasteiger partial charge in [-0.2, -0.15) is 36.9 Å². The summed E-state index contributed by atoms with van der Waals surface area (Å²) in [7, 11) is -6.37. The maximum atomic E-state index is 14.2. The zero-order chi connectivity index (χ0) is 48.8. The zero-order valence-corrected chi connectivity index (χ0v) is 35.2. The van der Waals surface area contributed by atoms with Gasteiger partial charge in [-0.25, -0.2) is 46.3 Å². The van der Waals surface area contributed by atoms with Gasteiger partial charge in [0.1, 0.15) is 34.7 Å². The molecule has 0 aliphatic heterocycles. The number of halogens is 12. The van der Waals surface area contributed by atoms with Gasteiger partial charge in [-0.3, -0.25) is 0 Å². The first kappa shape index (κ1) is 50.0. The molecule has 0 spiro atoms. The minimum absolute atomic E-state index is 0.0246. The number of nitriles is 2. The fraction of sp³-hybridized carbons (Fsp3) is 0.150. The number of anilines is 4. The number of nitrogens with zero attached hydrogens (tertiary/aromatic N) is 8. The molecule has 0 amide bonds. The summed E-state index contributed by atoms with van der Waals surface area (Å²) in [6, 6.07) is 10.4. The van der Waals surface area contributed by atoms with Crippen molar-refractivity contribution in [1.82, 2.24) is 19.9 Å². The predicted octanol–water partition coefficient (Wildman–Crippen LogP) is 11.0. The predicted molar refractivity (Wildman–Crippen MR) is 222 cm³/mol. The lowest BCUT2D eigenvalue weighted by molar-refractivity contribution is -0.138. The normalized spacial score (nSPS) is 12.2. The minimum Gasteiger partial charge on any atom is -0.343 e. The van der Waals surface area contributed by atoms with Gasteiger partial charge in [0.2, 0.25) is 24.3 Å². The standard InChI is InChI=1S/2C20H15F6N5OS/c2*1-33(32,29-10-27)9-11-4-12(20(24,25)26)6-14(5-11)30-19-28-8-17(23)18(31-19)15-3-2-13(21)7-16(15)22/h2*2-8,33H,9H2,1H3,(H,29,32)(H,28,30,31). The third-order valence-corrected chi connectivity index (χ3v) is 11.5. The molecule has 0 radical (unpaired) electrons. The fourth-order valence-electron chi connectivity index (χ4n) is 5.85. The van der Waals surface area contributed by atoms with Crippen molar-refractivity contribution in [3.05, 3.63) is 142 Å². The average Bonchev–Trinajstić information content (AvgIpc) is 3.19. The molecule has 0 saturated heterocycles. The van der Waals surface area contributed by atoms with E-state index in [1.807, 2.05) is 0 Å². The van der Waals surface area contributed by atoms with Crippen molar-refractivity contribution in [2.24, 2.45) is 8.73 Å². The van der Waals surface area contributed by atoms with Crippen molar-refractivity contribution in [3.63, 3.8) is 0 Å². The summed E-state index contributed by atoms with van der Waals surface area (Å²) in [6.45, 7) is 0. The van der Waals surface area contributed by atoms with Crippen LogP contribution in [0.3, 0.4) is 0 Å². The van der Waals surface area contributed by atoms with Crippen molar-refractivity contribution in [2.45, 2.75) is 23.9 Å². The number of aromatic nitrogens is 4. The molecule has 0 fully saturated rings. The molecule has 0 aliphatic carbocycles. The molecule has 0 aliphatic rings. The SMILES string of the molecule is C[SH](O)(Cc1cc(Nc2ncc(F)c(-c3ccc(F)cc3F)n2)cc(C(F)(F)F)c1)=NC#N.C[SH](O)(Cc1cc(Nc2ncc(F)c(-c3ccc(F)cc3F)n2)cc(C(F)(F)F)c1)=NC#N. The third kappa shape index (κ3) is 13.5. The molecule has 0 atom stereocenters. The van der Waals surface area contributed by atoms with E-state index < -0.39 is 90.0 Å². The second-order valence-corrected chi connectivity index (χ2v) is 19.4. The van der Waals surface area contributed by atoms with E-state index in [0.29, 0.717) is 24.5 Å². The molecule has 4 aromatic carbocycles. The molecule has 0 bridgehead atoms. The Morgan fingerprint density at radius 2 is 0.924 bits per heavy atom. The molecule has 6 aromatic rings. The Hall–Kier alpha value is -7.00. The number of nitrogens with one attached hydrogen (secondary N) is 2. The van der Waals surface area contributed by atoms with Crippen molar-refractivity contribution in [3.8, 4) is 34.9 Å². The number of hydrogen-bond acceptors (Lipinski definition) is 10. The molecule has 0 unspecified atom stereocenters. The van der Waals surface area contributed by atoms with Gasteiger partial charge >= 0.3 is 12.4 Å². The van der Waals surface area contributed by atoms with Crippen LogP contribution in [0.5, 0.6) is 0 Å². The van der Waals surface area contributed by atoms with Crippen LogP contribution in [-0.2, 0) is 44.1 Å². The summed E-state index contributed by atoms with van der Waals surface area (Å²) in [5.74, 6) is -7.35. The van der Waals surface area contributed by atoms with Crippen LogP contribution < -0.4 is 10.6 Å². The van der Waals surface area contributed by atoms with Crippen LogP contribution >= 0.6 is 0 Å². The highest BCUT2D eigenvalue weighted by atomic mass is 32.3. The van der Waals surface area contributed by atoms with Crippen LogP contribution in [0.15, 0.2) is 93.9 Å². The molecule has 2 aromatic heterocycles. The van der Waals surface area contributed by atoms with Crippen molar-refractivity contribution in [1.29, 1.82) is 10.5 Å². The summed E-state index contributed by atoms with van der Waals surface area (Å²) < 4.78 is 190. The van der Waals surface area contributed by atoms with E-state index in [4.69, 9.17) is 10.5 Å². The minimum atomic E-state index is -4.74. The van der Waals surface area contributed by atoms with Crippen LogP contribution in [0.2, 0.25) is 0 Å². The number of hydrogen-bond donors (Lipinski definition) is 6. The Kier molecular flexibility index (Phi) is 15.2. The van der Waals surface area contributed by atoms with Crippen molar-refractivity contribution >= 4 is 43.5 Å². The summed E-state index contributed by atoms with van der Waals surface area (Å²) in [5, 5.41) is 22.3. The van der Waals surface area contributed by atoms with E-state index in [1.165, 1.54) is 37.0 Å². The maximum Gasteiger partial charge on any atom is 0.416 e. The maximum absolute atomic E-state index is 14.2. The van der Waals surface area contributed by atoms with Gasteiger partial charge in [0.15, 0.2) is 11.6 Å². The zero-order valence-electron chi connectivity index (χ0n) is 33.4. The first-order valence-electron chi connectivity index (χ1n) is 18.1. The molecule has 0 saturated carbocycles. The summed E-state index contributed by atoms with van der Waals surface area (Å²) in [6.07, 6.45) is -2.71. The van der Waals surface area contributed by atoms with Crippen LogP contribution in [0.1, 0.15) is 22.3 Å². The highest BCUT2D eigenvalue weighted by Gasteiger charge is 2.33. The van der Waals surface area contributed by atoms with Gasteiger partial charge in [-0.05, 0) is 84.3 Å². The number of rotatable bonds is 10. The monoisotopic (exact) mass is 974 g/mol. The lowest BCUT2D eigenvalue weighted by Crippen LogP contribution is -2.13. The highest BCUT2D eigenvalue weighted by Crippen LogP contribution is 2.36. The van der Waals surface area contributed by atoms with E-state index >= 15 is 0 Å². The van der Waals surface area contributed by atoms with Gasteiger partial charge in [0.25, 0.3) is 0 Å². The Morgan fingerprint density at radius 3 is 1.24 bits per heavy atom. The van der Waals surface area contributed by atoms with E-state index in [2.05, 4.69) is 39.3 Å². The highest BCUT2D eigenvalue weighted by molar-refractivity contribution is 7.98. The van der Waals surface area contributed by atoms with E-state index in [-0.39, 0.29) is 57.0 Å². The summed E-state index contributed by atoms with van der Waals surface area (Å²) >= 11 is 0. The topological polar surface area (TPSA) is 188 Å². The fourth-order valence-corrected chi connectivity index (χ4v) is 8.12. The Morgan fingerprint density at radius 1 is 0.561 bits per heavy atom. The van der Waals surface area contributed by atoms with Crippen molar-refractivity contribution in [2.75, 3.05) is 23.1 Å². The number of thiol groups is 2. The molecule has 6 rings (SSSR count). The molecule has 4 N–H and O–H groups in total. The third-order valence-electron chi connectivity index (χ3n) is 8.50. The Bertz CT molecular complexity index is 2800. The van der Waals surface area contributed by atoms with Gasteiger partial charge in [0.05, 0.1) is 23.5 Å². The summed E-state index contributed by atoms with van der Waals surface area (Å²) in [4.78, 5) is 14.9. The van der Waals surface area contributed by atoms with E-state index in [1.54, 1.807) is 0 Å². The Labute approximate surface area is 367 Å². The lowest BCUT2D eigenvalue weighted by Gasteiger charge is -2.18. The molecule has 26 heteroatoms. The molecule has 348 valence electrons. The van der Waals surface area contributed by atoms with Crippen molar-refractivity contribution < 1.29 is 61.8 Å². The van der Waals surface area contributed by atoms with Gasteiger partial charge in [-0.1, -0.05) is 20.2 Å². The molecule has 2 heterocycles. The van der Waals surface area contributed by atoms with Crippen LogP contribution in [-0.4, -0.2) is 41.6 Å². The smallest absolute Gasteiger partial charge is 0.343 e. The number of benzene rings is 4. The van der Waals surface area contributed by atoms with Gasteiger partial charge in [-0.15, -0.1) is 8.73 Å². The first-order valence-corrected chi connectivity index (χ1v) is 22.7. The second-order valence-electron chi connectivity index (χ2n) is 14.0. The van der Waals surface area contributed by atoms with Gasteiger partial charge in [0, 0.05) is 46.1 Å². The van der Waals surface area contributed by atoms with Gasteiger partial charge < -0.3 is 19.7 Å².